The number of carbonyl (C=O) groups is 1. The smallest absolute Gasteiger partial charge is 0.345 e. The van der Waals surface area contributed by atoms with E-state index in [1.54, 1.807) is 25.1 Å². The molecular formula is C14H15NO4S2. The third-order valence-corrected chi connectivity index (χ3v) is 6.36. The molecule has 1 N–H and O–H groups in total. The molecule has 0 amide bonds. The van der Waals surface area contributed by atoms with Crippen LogP contribution in [-0.2, 0) is 10.0 Å². The molecule has 0 saturated carbocycles. The lowest BCUT2D eigenvalue weighted by Crippen LogP contribution is -2.30. The van der Waals surface area contributed by atoms with Crippen LogP contribution in [0, 0.1) is 6.92 Å². The number of benzene rings is 1. The number of anilines is 1. The van der Waals surface area contributed by atoms with Gasteiger partial charge in [-0.25, -0.2) is 13.2 Å². The molecule has 0 saturated heterocycles. The minimum atomic E-state index is -3.75. The van der Waals surface area contributed by atoms with E-state index in [1.807, 2.05) is 13.0 Å². The molecule has 5 nitrogen and oxygen atoms in total. The van der Waals surface area contributed by atoms with Crippen LogP contribution in [0.2, 0.25) is 0 Å². The first kappa shape index (κ1) is 15.5. The quantitative estimate of drug-likeness (QED) is 0.917. The first-order valence-corrected chi connectivity index (χ1v) is 8.54. The second kappa shape index (κ2) is 5.87. The third kappa shape index (κ3) is 3.08. The van der Waals surface area contributed by atoms with Crippen LogP contribution in [0.4, 0.5) is 5.69 Å². The Balaban J connectivity index is 2.46. The van der Waals surface area contributed by atoms with Crippen molar-refractivity contribution in [3.8, 4) is 0 Å². The summed E-state index contributed by atoms with van der Waals surface area (Å²) in [5, 5.41) is 8.92. The highest BCUT2D eigenvalue weighted by atomic mass is 32.2. The summed E-state index contributed by atoms with van der Waals surface area (Å²) in [5.74, 6) is -1.12. The lowest BCUT2D eigenvalue weighted by molar-refractivity contribution is 0.0702. The first-order valence-electron chi connectivity index (χ1n) is 6.29. The van der Waals surface area contributed by atoms with Crippen molar-refractivity contribution in [1.82, 2.24) is 0 Å². The van der Waals surface area contributed by atoms with Gasteiger partial charge in [-0.05, 0) is 43.7 Å². The van der Waals surface area contributed by atoms with E-state index in [0.717, 1.165) is 16.9 Å². The third-order valence-electron chi connectivity index (χ3n) is 2.91. The highest BCUT2D eigenvalue weighted by Gasteiger charge is 2.26. The van der Waals surface area contributed by atoms with Gasteiger partial charge >= 0.3 is 5.97 Å². The zero-order valence-electron chi connectivity index (χ0n) is 11.6. The van der Waals surface area contributed by atoms with Crippen LogP contribution >= 0.6 is 11.3 Å². The van der Waals surface area contributed by atoms with Crippen molar-refractivity contribution in [3.63, 3.8) is 0 Å². The van der Waals surface area contributed by atoms with Gasteiger partial charge in [-0.2, -0.15) is 0 Å². The van der Waals surface area contributed by atoms with Crippen molar-refractivity contribution in [2.24, 2.45) is 0 Å². The molecule has 1 aromatic carbocycles. The summed E-state index contributed by atoms with van der Waals surface area (Å²) >= 11 is 0.761. The van der Waals surface area contributed by atoms with Crippen molar-refractivity contribution < 1.29 is 18.3 Å². The Morgan fingerprint density at radius 3 is 2.52 bits per heavy atom. The standard InChI is InChI=1S/C14H15NO4S2/c1-3-15(11-6-4-5-10(2)9-11)21(18,19)13-8-7-12(20-13)14(16)17/h4-9H,3H2,1-2H3,(H,16,17). The molecule has 2 rings (SSSR count). The number of aryl methyl sites for hydroxylation is 1. The Morgan fingerprint density at radius 1 is 1.29 bits per heavy atom. The largest absolute Gasteiger partial charge is 0.477 e. The minimum Gasteiger partial charge on any atom is -0.477 e. The van der Waals surface area contributed by atoms with Crippen LogP contribution in [0.25, 0.3) is 0 Å². The van der Waals surface area contributed by atoms with Gasteiger partial charge < -0.3 is 5.11 Å². The molecule has 21 heavy (non-hydrogen) atoms. The van der Waals surface area contributed by atoms with Gasteiger partial charge in [0.2, 0.25) is 0 Å². The first-order chi connectivity index (χ1) is 9.86. The summed E-state index contributed by atoms with van der Waals surface area (Å²) in [6.45, 7) is 3.90. The molecule has 1 aromatic heterocycles. The fourth-order valence-electron chi connectivity index (χ4n) is 1.96. The Morgan fingerprint density at radius 2 is 2.00 bits per heavy atom. The van der Waals surface area contributed by atoms with E-state index in [4.69, 9.17) is 5.11 Å². The van der Waals surface area contributed by atoms with Crippen LogP contribution < -0.4 is 4.31 Å². The van der Waals surface area contributed by atoms with Gasteiger partial charge in [-0.3, -0.25) is 4.31 Å². The Hall–Kier alpha value is -1.86. The number of aromatic carboxylic acids is 1. The number of rotatable bonds is 5. The van der Waals surface area contributed by atoms with Gasteiger partial charge in [0.05, 0.1) is 5.69 Å². The van der Waals surface area contributed by atoms with E-state index in [2.05, 4.69) is 0 Å². The molecule has 0 aliphatic heterocycles. The lowest BCUT2D eigenvalue weighted by Gasteiger charge is -2.22. The van der Waals surface area contributed by atoms with E-state index in [-0.39, 0.29) is 15.6 Å². The number of carboxylic acids is 1. The summed E-state index contributed by atoms with van der Waals surface area (Å²) in [6.07, 6.45) is 0. The zero-order valence-corrected chi connectivity index (χ0v) is 13.2. The molecule has 0 spiro atoms. The second-order valence-electron chi connectivity index (χ2n) is 4.43. The molecule has 1 heterocycles. The average Bonchev–Trinajstić information content (AvgIpc) is 2.89. The molecule has 112 valence electrons. The Labute approximate surface area is 127 Å². The molecular weight excluding hydrogens is 310 g/mol. The van der Waals surface area contributed by atoms with Crippen LogP contribution in [-0.4, -0.2) is 26.0 Å². The molecule has 0 atom stereocenters. The normalized spacial score (nSPS) is 11.3. The van der Waals surface area contributed by atoms with Crippen molar-refractivity contribution in [2.75, 3.05) is 10.8 Å². The Kier molecular flexibility index (Phi) is 4.34. The molecule has 7 heteroatoms. The molecule has 2 aromatic rings. The van der Waals surface area contributed by atoms with Crippen LogP contribution in [0.5, 0.6) is 0 Å². The SMILES string of the molecule is CCN(c1cccc(C)c1)S(=O)(=O)c1ccc(C(=O)O)s1. The number of thiophene rings is 1. The van der Waals surface area contributed by atoms with Gasteiger partial charge in [-0.15, -0.1) is 11.3 Å². The number of carboxylic acid groups (broad SMARTS) is 1. The van der Waals surface area contributed by atoms with Crippen LogP contribution in [0.15, 0.2) is 40.6 Å². The van der Waals surface area contributed by atoms with Gasteiger partial charge in [0.25, 0.3) is 10.0 Å². The number of hydrogen-bond donors (Lipinski definition) is 1. The summed E-state index contributed by atoms with van der Waals surface area (Å²) in [6, 6.07) is 9.83. The zero-order chi connectivity index (χ0) is 15.6. The second-order valence-corrected chi connectivity index (χ2v) is 7.61. The highest BCUT2D eigenvalue weighted by molar-refractivity contribution is 7.94. The maximum absolute atomic E-state index is 12.7. The number of sulfonamides is 1. The van der Waals surface area contributed by atoms with Gasteiger partial charge in [0.1, 0.15) is 9.09 Å². The summed E-state index contributed by atoms with van der Waals surface area (Å²) in [5.41, 5.74) is 1.53. The lowest BCUT2D eigenvalue weighted by atomic mass is 10.2. The van der Waals surface area contributed by atoms with Crippen LogP contribution in [0.3, 0.4) is 0 Å². The van der Waals surface area contributed by atoms with Crippen LogP contribution in [0.1, 0.15) is 22.2 Å². The fourth-order valence-corrected chi connectivity index (χ4v) is 4.68. The molecule has 0 unspecified atom stereocenters. The van der Waals surface area contributed by atoms with E-state index in [0.29, 0.717) is 5.69 Å². The Bertz CT molecular complexity index is 765. The van der Waals surface area contributed by atoms with Crippen molar-refractivity contribution in [2.45, 2.75) is 18.1 Å². The molecule has 0 aliphatic rings. The van der Waals surface area contributed by atoms with Gasteiger partial charge in [0, 0.05) is 6.54 Å². The van der Waals surface area contributed by atoms with Gasteiger partial charge in [-0.1, -0.05) is 12.1 Å². The number of hydrogen-bond acceptors (Lipinski definition) is 4. The predicted molar refractivity (Wildman–Crippen MR) is 82.7 cm³/mol. The summed E-state index contributed by atoms with van der Waals surface area (Å²) in [7, 11) is -3.75. The molecule has 0 radical (unpaired) electrons. The van der Waals surface area contributed by atoms with Crippen molar-refractivity contribution in [3.05, 3.63) is 46.8 Å². The maximum atomic E-state index is 12.7. The maximum Gasteiger partial charge on any atom is 0.345 e. The average molecular weight is 325 g/mol. The molecule has 0 aliphatic carbocycles. The molecule has 0 fully saturated rings. The van der Waals surface area contributed by atoms with E-state index >= 15 is 0 Å². The minimum absolute atomic E-state index is 0.00821. The fraction of sp³-hybridized carbons (Fsp3) is 0.214. The topological polar surface area (TPSA) is 74.7 Å². The van der Waals surface area contributed by atoms with Crippen molar-refractivity contribution >= 4 is 33.0 Å². The van der Waals surface area contributed by atoms with E-state index in [1.165, 1.54) is 16.4 Å². The monoisotopic (exact) mass is 325 g/mol. The summed E-state index contributed by atoms with van der Waals surface area (Å²) < 4.78 is 26.6. The molecule has 0 bridgehead atoms. The van der Waals surface area contributed by atoms with Crippen molar-refractivity contribution in [1.29, 1.82) is 0 Å². The summed E-state index contributed by atoms with van der Waals surface area (Å²) in [4.78, 5) is 10.9. The van der Waals surface area contributed by atoms with E-state index in [9.17, 15) is 13.2 Å². The predicted octanol–water partition coefficient (Wildman–Crippen LogP) is 2.97. The van der Waals surface area contributed by atoms with E-state index < -0.39 is 16.0 Å². The van der Waals surface area contributed by atoms with Gasteiger partial charge in [0.15, 0.2) is 0 Å². The highest BCUT2D eigenvalue weighted by Crippen LogP contribution is 2.29. The number of nitrogens with zero attached hydrogens (tertiary/aromatic N) is 1.